The summed E-state index contributed by atoms with van der Waals surface area (Å²) in [5.74, 6) is 0.649. The Morgan fingerprint density at radius 3 is 2.75 bits per heavy atom. The Morgan fingerprint density at radius 1 is 1.50 bits per heavy atom. The molecule has 0 aliphatic carbocycles. The largest absolute Gasteiger partial charge is 0.506 e. The van der Waals surface area contributed by atoms with Crippen LogP contribution < -0.4 is 0 Å². The van der Waals surface area contributed by atoms with Gasteiger partial charge in [0.25, 0.3) is 0 Å². The van der Waals surface area contributed by atoms with E-state index in [0.29, 0.717) is 5.75 Å². The van der Waals surface area contributed by atoms with E-state index in [2.05, 4.69) is 0 Å². The molecule has 68 valence electrons. The molecule has 0 aliphatic heterocycles. The average Bonchev–Trinajstić information content (AvgIpc) is 2.47. The van der Waals surface area contributed by atoms with E-state index < -0.39 is 6.10 Å². The van der Waals surface area contributed by atoms with Crippen LogP contribution in [0.5, 0.6) is 5.75 Å². The summed E-state index contributed by atoms with van der Waals surface area (Å²) in [6, 6.07) is 0. The zero-order valence-electron chi connectivity index (χ0n) is 6.30. The van der Waals surface area contributed by atoms with E-state index in [1.165, 1.54) is 23.1 Å². The highest BCUT2D eigenvalue weighted by Crippen LogP contribution is 2.31. The lowest BCUT2D eigenvalue weighted by Gasteiger charge is -2.04. The van der Waals surface area contributed by atoms with Crippen molar-refractivity contribution < 1.29 is 15.3 Å². The molecular formula is C7H10O3S2. The van der Waals surface area contributed by atoms with Crippen molar-refractivity contribution in [1.29, 1.82) is 0 Å². The number of aromatic hydroxyl groups is 1. The van der Waals surface area contributed by atoms with Gasteiger partial charge in [0.2, 0.25) is 0 Å². The number of hydrogen-bond acceptors (Lipinski definition) is 5. The van der Waals surface area contributed by atoms with E-state index in [0.717, 1.165) is 4.90 Å². The first-order valence-corrected chi connectivity index (χ1v) is 5.33. The maximum atomic E-state index is 9.18. The number of aliphatic hydroxyl groups is 2. The molecule has 5 heteroatoms. The van der Waals surface area contributed by atoms with Crippen LogP contribution in [0.25, 0.3) is 0 Å². The third-order valence-corrected chi connectivity index (χ3v) is 3.32. The standard InChI is InChI=1S/C7H10O3S2/c8-1-5(9)2-12-7-4-11-3-6(7)10/h3-5,8-10H,1-2H2. The minimum Gasteiger partial charge on any atom is -0.506 e. The minimum atomic E-state index is -0.714. The van der Waals surface area contributed by atoms with Crippen LogP contribution in [0.3, 0.4) is 0 Å². The van der Waals surface area contributed by atoms with Crippen LogP contribution >= 0.6 is 23.1 Å². The Morgan fingerprint density at radius 2 is 2.25 bits per heavy atom. The van der Waals surface area contributed by atoms with Crippen molar-refractivity contribution in [3.8, 4) is 5.75 Å². The second-order valence-corrected chi connectivity index (χ2v) is 4.07. The van der Waals surface area contributed by atoms with Crippen molar-refractivity contribution in [2.24, 2.45) is 0 Å². The summed E-state index contributed by atoms with van der Waals surface area (Å²) in [5.41, 5.74) is 0. The van der Waals surface area contributed by atoms with E-state index in [4.69, 9.17) is 10.2 Å². The van der Waals surface area contributed by atoms with Gasteiger partial charge in [-0.3, -0.25) is 0 Å². The van der Waals surface area contributed by atoms with Gasteiger partial charge in [-0.05, 0) is 0 Å². The van der Waals surface area contributed by atoms with E-state index in [1.807, 2.05) is 5.38 Å². The highest BCUT2D eigenvalue weighted by molar-refractivity contribution is 7.99. The molecule has 1 aromatic rings. The minimum absolute atomic E-state index is 0.238. The fraction of sp³-hybridized carbons (Fsp3) is 0.429. The summed E-state index contributed by atoms with van der Waals surface area (Å²) in [6.45, 7) is -0.238. The van der Waals surface area contributed by atoms with Crippen LogP contribution in [-0.2, 0) is 0 Å². The van der Waals surface area contributed by atoms with Gasteiger partial charge in [0.05, 0.1) is 17.6 Å². The van der Waals surface area contributed by atoms with E-state index in [9.17, 15) is 5.11 Å². The van der Waals surface area contributed by atoms with Gasteiger partial charge in [0, 0.05) is 16.5 Å². The second kappa shape index (κ2) is 4.71. The third-order valence-electron chi connectivity index (χ3n) is 1.25. The Hall–Kier alpha value is -0.230. The van der Waals surface area contributed by atoms with Gasteiger partial charge in [-0.2, -0.15) is 0 Å². The van der Waals surface area contributed by atoms with Gasteiger partial charge in [0.1, 0.15) is 5.75 Å². The molecule has 0 aliphatic rings. The fourth-order valence-corrected chi connectivity index (χ4v) is 2.39. The van der Waals surface area contributed by atoms with Gasteiger partial charge >= 0.3 is 0 Å². The summed E-state index contributed by atoms with van der Waals surface area (Å²) >= 11 is 2.75. The molecule has 3 N–H and O–H groups in total. The van der Waals surface area contributed by atoms with Crippen LogP contribution in [0.15, 0.2) is 15.7 Å². The van der Waals surface area contributed by atoms with Gasteiger partial charge in [0.15, 0.2) is 0 Å². The van der Waals surface area contributed by atoms with Gasteiger partial charge in [-0.1, -0.05) is 0 Å². The summed E-state index contributed by atoms with van der Waals surface area (Å²) < 4.78 is 0. The number of thioether (sulfide) groups is 1. The molecular weight excluding hydrogens is 196 g/mol. The highest BCUT2D eigenvalue weighted by atomic mass is 32.2. The highest BCUT2D eigenvalue weighted by Gasteiger charge is 2.06. The molecule has 1 rings (SSSR count). The topological polar surface area (TPSA) is 60.7 Å². The molecule has 1 aromatic heterocycles. The zero-order valence-corrected chi connectivity index (χ0v) is 7.94. The van der Waals surface area contributed by atoms with Gasteiger partial charge < -0.3 is 15.3 Å². The van der Waals surface area contributed by atoms with Crippen molar-refractivity contribution in [2.45, 2.75) is 11.0 Å². The van der Waals surface area contributed by atoms with Crippen molar-refractivity contribution in [2.75, 3.05) is 12.4 Å². The Bertz CT molecular complexity index is 236. The lowest BCUT2D eigenvalue weighted by Crippen LogP contribution is -2.14. The maximum absolute atomic E-state index is 9.18. The normalized spacial score (nSPS) is 13.2. The molecule has 0 saturated heterocycles. The van der Waals surface area contributed by atoms with Crippen LogP contribution in [0.4, 0.5) is 0 Å². The van der Waals surface area contributed by atoms with Crippen LogP contribution in [-0.4, -0.2) is 33.8 Å². The molecule has 0 amide bonds. The molecule has 12 heavy (non-hydrogen) atoms. The Labute approximate surface area is 78.7 Å². The zero-order chi connectivity index (χ0) is 8.97. The molecule has 1 unspecified atom stereocenters. The van der Waals surface area contributed by atoms with Crippen LogP contribution in [0, 0.1) is 0 Å². The van der Waals surface area contributed by atoms with Gasteiger partial charge in [-0.25, -0.2) is 0 Å². The summed E-state index contributed by atoms with van der Waals surface area (Å²) in [4.78, 5) is 0.757. The molecule has 0 aromatic carbocycles. The van der Waals surface area contributed by atoms with E-state index >= 15 is 0 Å². The first-order chi connectivity index (χ1) is 5.74. The monoisotopic (exact) mass is 206 g/mol. The first-order valence-electron chi connectivity index (χ1n) is 3.41. The second-order valence-electron chi connectivity index (χ2n) is 2.27. The maximum Gasteiger partial charge on any atom is 0.139 e. The summed E-state index contributed by atoms with van der Waals surface area (Å²) in [7, 11) is 0. The van der Waals surface area contributed by atoms with Crippen molar-refractivity contribution in [1.82, 2.24) is 0 Å². The van der Waals surface area contributed by atoms with Crippen LogP contribution in [0.1, 0.15) is 0 Å². The number of rotatable bonds is 4. The molecule has 0 fully saturated rings. The number of thiophene rings is 1. The third kappa shape index (κ3) is 2.67. The fourth-order valence-electron chi connectivity index (χ4n) is 0.625. The molecule has 1 atom stereocenters. The number of aliphatic hydroxyl groups excluding tert-OH is 2. The lowest BCUT2D eigenvalue weighted by atomic mass is 10.4. The van der Waals surface area contributed by atoms with Crippen LogP contribution in [0.2, 0.25) is 0 Å². The predicted octanol–water partition coefficient (Wildman–Crippen LogP) is 0.899. The summed E-state index contributed by atoms with van der Waals surface area (Å²) in [5, 5.41) is 30.1. The summed E-state index contributed by atoms with van der Waals surface area (Å²) in [6.07, 6.45) is -0.714. The molecule has 0 bridgehead atoms. The predicted molar refractivity (Wildman–Crippen MR) is 49.8 cm³/mol. The first kappa shape index (κ1) is 9.85. The SMILES string of the molecule is OCC(O)CSc1cscc1O. The number of hydrogen-bond donors (Lipinski definition) is 3. The van der Waals surface area contributed by atoms with Crippen molar-refractivity contribution in [3.63, 3.8) is 0 Å². The molecule has 3 nitrogen and oxygen atoms in total. The molecule has 0 saturated carbocycles. The Balaban J connectivity index is 2.38. The Kier molecular flexibility index (Phi) is 3.87. The van der Waals surface area contributed by atoms with Gasteiger partial charge in [-0.15, -0.1) is 23.1 Å². The molecule has 0 spiro atoms. The van der Waals surface area contributed by atoms with E-state index in [1.54, 1.807) is 5.38 Å². The average molecular weight is 206 g/mol. The quantitative estimate of drug-likeness (QED) is 0.641. The van der Waals surface area contributed by atoms with E-state index in [-0.39, 0.29) is 12.4 Å². The van der Waals surface area contributed by atoms with Crippen molar-refractivity contribution in [3.05, 3.63) is 10.8 Å². The smallest absolute Gasteiger partial charge is 0.139 e. The lowest BCUT2D eigenvalue weighted by molar-refractivity contribution is 0.113. The van der Waals surface area contributed by atoms with Crippen molar-refractivity contribution >= 4 is 23.1 Å². The molecule has 0 radical (unpaired) electrons. The molecule has 1 heterocycles.